The fourth-order valence-corrected chi connectivity index (χ4v) is 5.20. The van der Waals surface area contributed by atoms with Crippen LogP contribution in [0.1, 0.15) is 49.0 Å². The fourth-order valence-electron chi connectivity index (χ4n) is 4.08. The predicted molar refractivity (Wildman–Crippen MR) is 112 cm³/mol. The molecule has 2 aliphatic rings. The van der Waals surface area contributed by atoms with Gasteiger partial charge in [0.05, 0.1) is 12.3 Å². The Kier molecular flexibility index (Phi) is 6.01. The maximum atomic E-state index is 12.6. The number of nitrogens with zero attached hydrogens (tertiary/aromatic N) is 4. The first kappa shape index (κ1) is 20.7. The molecular formula is C21H26N4O4S. The van der Waals surface area contributed by atoms with Crippen molar-refractivity contribution in [3.05, 3.63) is 53.7 Å². The Balaban J connectivity index is 1.32. The quantitative estimate of drug-likeness (QED) is 0.698. The van der Waals surface area contributed by atoms with Gasteiger partial charge in [-0.2, -0.15) is 9.29 Å². The lowest BCUT2D eigenvalue weighted by Gasteiger charge is -2.26. The first-order valence-electron chi connectivity index (χ1n) is 10.2. The Morgan fingerprint density at radius 1 is 1.23 bits per heavy atom. The number of aryl methyl sites for hydroxylation is 1. The summed E-state index contributed by atoms with van der Waals surface area (Å²) in [6, 6.07) is 9.84. The largest absolute Gasteiger partial charge is 0.339 e. The molecule has 0 radical (unpaired) electrons. The lowest BCUT2D eigenvalue weighted by Crippen LogP contribution is -2.34. The lowest BCUT2D eigenvalue weighted by molar-refractivity contribution is -0.130. The van der Waals surface area contributed by atoms with Gasteiger partial charge in [0.2, 0.25) is 21.8 Å². The summed E-state index contributed by atoms with van der Waals surface area (Å²) in [6.07, 6.45) is 6.23. The summed E-state index contributed by atoms with van der Waals surface area (Å²) in [6.45, 7) is 1.77. The van der Waals surface area contributed by atoms with Gasteiger partial charge in [-0.1, -0.05) is 41.6 Å². The van der Waals surface area contributed by atoms with Crippen LogP contribution in [-0.2, 0) is 21.2 Å². The molecule has 8 nitrogen and oxygen atoms in total. The van der Waals surface area contributed by atoms with Gasteiger partial charge in [-0.25, -0.2) is 8.42 Å². The van der Waals surface area contributed by atoms with Gasteiger partial charge in [0.25, 0.3) is 0 Å². The van der Waals surface area contributed by atoms with E-state index < -0.39 is 10.0 Å². The molecule has 1 fully saturated rings. The van der Waals surface area contributed by atoms with Crippen molar-refractivity contribution in [2.45, 2.75) is 38.1 Å². The summed E-state index contributed by atoms with van der Waals surface area (Å²) in [5.41, 5.74) is 2.48. The molecule has 9 heteroatoms. The molecule has 4 rings (SSSR count). The standard InChI is InChI=1S/C21H26N4O4S/c1-30(27,28)25-13-5-8-18(25)21-22-19(29-23-21)9-10-20(26)24-14-11-17(12-15-24)16-6-3-2-4-7-16/h2-4,6-7,11,18H,5,8-10,12-15H2,1H3. The molecule has 0 spiro atoms. The Morgan fingerprint density at radius 3 is 2.73 bits per heavy atom. The molecule has 3 heterocycles. The van der Waals surface area contributed by atoms with Crippen LogP contribution in [0.15, 0.2) is 40.9 Å². The molecule has 0 aliphatic carbocycles. The number of hydrogen-bond acceptors (Lipinski definition) is 6. The van der Waals surface area contributed by atoms with E-state index in [1.165, 1.54) is 21.7 Å². The summed E-state index contributed by atoms with van der Waals surface area (Å²) >= 11 is 0. The number of carbonyl (C=O) groups is 1. The highest BCUT2D eigenvalue weighted by atomic mass is 32.2. The summed E-state index contributed by atoms with van der Waals surface area (Å²) in [5, 5.41) is 3.97. The number of rotatable bonds is 6. The van der Waals surface area contributed by atoms with Gasteiger partial charge in [-0.15, -0.1) is 0 Å². The van der Waals surface area contributed by atoms with E-state index in [-0.39, 0.29) is 18.4 Å². The van der Waals surface area contributed by atoms with Gasteiger partial charge < -0.3 is 9.42 Å². The van der Waals surface area contributed by atoms with Crippen LogP contribution in [0.25, 0.3) is 5.57 Å². The molecule has 160 valence electrons. The Morgan fingerprint density at radius 2 is 2.03 bits per heavy atom. The second-order valence-corrected chi connectivity index (χ2v) is 9.70. The molecule has 1 saturated heterocycles. The summed E-state index contributed by atoms with van der Waals surface area (Å²) in [7, 11) is -3.31. The summed E-state index contributed by atoms with van der Waals surface area (Å²) in [5.74, 6) is 0.807. The second-order valence-electron chi connectivity index (χ2n) is 7.76. The van der Waals surface area contributed by atoms with Crippen molar-refractivity contribution in [1.82, 2.24) is 19.3 Å². The van der Waals surface area contributed by atoms with Crippen LogP contribution in [0, 0.1) is 0 Å². The highest BCUT2D eigenvalue weighted by Gasteiger charge is 2.35. The highest BCUT2D eigenvalue weighted by Crippen LogP contribution is 2.32. The van der Waals surface area contributed by atoms with Crippen LogP contribution in [-0.4, -0.2) is 59.6 Å². The van der Waals surface area contributed by atoms with Gasteiger partial charge in [-0.05, 0) is 30.4 Å². The van der Waals surface area contributed by atoms with Crippen LogP contribution in [0.3, 0.4) is 0 Å². The van der Waals surface area contributed by atoms with Crippen molar-refractivity contribution in [2.24, 2.45) is 0 Å². The van der Waals surface area contributed by atoms with E-state index >= 15 is 0 Å². The van der Waals surface area contributed by atoms with Gasteiger partial charge in [0.1, 0.15) is 0 Å². The number of carbonyl (C=O) groups excluding carboxylic acids is 1. The van der Waals surface area contributed by atoms with Crippen molar-refractivity contribution in [3.8, 4) is 0 Å². The number of sulfonamides is 1. The van der Waals surface area contributed by atoms with Crippen molar-refractivity contribution in [3.63, 3.8) is 0 Å². The van der Waals surface area contributed by atoms with E-state index in [1.54, 1.807) is 0 Å². The molecule has 1 aromatic carbocycles. The first-order valence-corrected chi connectivity index (χ1v) is 12.1. The van der Waals surface area contributed by atoms with Crippen LogP contribution >= 0.6 is 0 Å². The van der Waals surface area contributed by atoms with Gasteiger partial charge in [-0.3, -0.25) is 4.79 Å². The summed E-state index contributed by atoms with van der Waals surface area (Å²) in [4.78, 5) is 18.8. The maximum absolute atomic E-state index is 12.6. The fraction of sp³-hybridized carbons (Fsp3) is 0.476. The monoisotopic (exact) mass is 430 g/mol. The molecule has 2 aromatic rings. The van der Waals surface area contributed by atoms with E-state index in [4.69, 9.17) is 4.52 Å². The average Bonchev–Trinajstić information content (AvgIpc) is 3.42. The molecule has 1 aromatic heterocycles. The number of benzene rings is 1. The first-order chi connectivity index (χ1) is 14.4. The summed E-state index contributed by atoms with van der Waals surface area (Å²) < 4.78 is 30.5. The minimum Gasteiger partial charge on any atom is -0.339 e. The van der Waals surface area contributed by atoms with Crippen LogP contribution in [0.4, 0.5) is 0 Å². The predicted octanol–water partition coefficient (Wildman–Crippen LogP) is 2.41. The zero-order valence-corrected chi connectivity index (χ0v) is 17.8. The van der Waals surface area contributed by atoms with Gasteiger partial charge in [0.15, 0.2) is 5.82 Å². The van der Waals surface area contributed by atoms with E-state index in [9.17, 15) is 13.2 Å². The Labute approximate surface area is 176 Å². The third kappa shape index (κ3) is 4.62. The SMILES string of the molecule is CS(=O)(=O)N1CCCC1c1noc(CCC(=O)N2CC=C(c3ccccc3)CC2)n1. The van der Waals surface area contributed by atoms with Crippen molar-refractivity contribution >= 4 is 21.5 Å². The maximum Gasteiger partial charge on any atom is 0.227 e. The average molecular weight is 431 g/mol. The number of aromatic nitrogens is 2. The third-order valence-corrected chi connectivity index (χ3v) is 6.96. The Hall–Kier alpha value is -2.52. The lowest BCUT2D eigenvalue weighted by atomic mass is 9.99. The number of amides is 1. The molecule has 1 atom stereocenters. The van der Waals surface area contributed by atoms with Crippen LogP contribution in [0.2, 0.25) is 0 Å². The minimum atomic E-state index is -3.31. The van der Waals surface area contributed by atoms with E-state index in [0.29, 0.717) is 44.2 Å². The van der Waals surface area contributed by atoms with Crippen molar-refractivity contribution in [2.75, 3.05) is 25.9 Å². The zero-order chi connectivity index (χ0) is 21.1. The van der Waals surface area contributed by atoms with Gasteiger partial charge >= 0.3 is 0 Å². The molecule has 1 amide bonds. The molecule has 0 bridgehead atoms. The number of hydrogen-bond donors (Lipinski definition) is 0. The molecule has 0 saturated carbocycles. The normalized spacial score (nSPS) is 20.4. The minimum absolute atomic E-state index is 0.0525. The van der Waals surface area contributed by atoms with E-state index in [2.05, 4.69) is 28.3 Å². The van der Waals surface area contributed by atoms with Gasteiger partial charge in [0, 0.05) is 32.5 Å². The topological polar surface area (TPSA) is 96.6 Å². The molecule has 2 aliphatic heterocycles. The smallest absolute Gasteiger partial charge is 0.227 e. The molecular weight excluding hydrogens is 404 g/mol. The zero-order valence-electron chi connectivity index (χ0n) is 17.0. The Bertz CT molecular complexity index is 1030. The van der Waals surface area contributed by atoms with Crippen LogP contribution < -0.4 is 0 Å². The van der Waals surface area contributed by atoms with Crippen molar-refractivity contribution < 1.29 is 17.7 Å². The van der Waals surface area contributed by atoms with E-state index in [0.717, 1.165) is 12.8 Å². The molecule has 1 unspecified atom stereocenters. The second kappa shape index (κ2) is 8.69. The molecule has 30 heavy (non-hydrogen) atoms. The molecule has 0 N–H and O–H groups in total. The van der Waals surface area contributed by atoms with E-state index in [1.807, 2.05) is 23.1 Å². The van der Waals surface area contributed by atoms with Crippen molar-refractivity contribution in [1.29, 1.82) is 0 Å². The highest BCUT2D eigenvalue weighted by molar-refractivity contribution is 7.88. The van der Waals surface area contributed by atoms with Crippen LogP contribution in [0.5, 0.6) is 0 Å². The third-order valence-electron chi connectivity index (χ3n) is 5.67.